The molecule has 0 aliphatic carbocycles. The fraction of sp³-hybridized carbons (Fsp3) is 1.00. The van der Waals surface area contributed by atoms with E-state index < -0.39 is 0 Å². The van der Waals surface area contributed by atoms with Crippen molar-refractivity contribution in [2.75, 3.05) is 26.3 Å². The highest BCUT2D eigenvalue weighted by Crippen LogP contribution is 2.15. The zero-order chi connectivity index (χ0) is 12.6. The van der Waals surface area contributed by atoms with E-state index in [-0.39, 0.29) is 0 Å². The van der Waals surface area contributed by atoms with Gasteiger partial charge in [-0.25, -0.2) is 0 Å². The first kappa shape index (κ1) is 14.3. The molecular formula is C15H30N2O. The fourth-order valence-electron chi connectivity index (χ4n) is 3.15. The van der Waals surface area contributed by atoms with Crippen LogP contribution in [0.15, 0.2) is 0 Å². The molecule has 3 nitrogen and oxygen atoms in total. The van der Waals surface area contributed by atoms with E-state index in [2.05, 4.69) is 17.6 Å². The maximum absolute atomic E-state index is 5.53. The van der Waals surface area contributed by atoms with Crippen LogP contribution in [0.1, 0.15) is 51.9 Å². The standard InChI is InChI=1S/C15H30N2O/c1-13(10-15-7-3-2-4-8-16-15)17-11-14-6-5-9-18-12-14/h13-17H,2-12H2,1H3. The van der Waals surface area contributed by atoms with Crippen molar-refractivity contribution in [1.82, 2.24) is 10.6 Å². The summed E-state index contributed by atoms with van der Waals surface area (Å²) in [6.07, 6.45) is 9.38. The van der Waals surface area contributed by atoms with Crippen molar-refractivity contribution in [3.8, 4) is 0 Å². The summed E-state index contributed by atoms with van der Waals surface area (Å²) in [5.41, 5.74) is 0. The molecule has 2 N–H and O–H groups in total. The molecule has 0 spiro atoms. The van der Waals surface area contributed by atoms with Gasteiger partial charge in [-0.05, 0) is 51.5 Å². The van der Waals surface area contributed by atoms with Gasteiger partial charge in [-0.3, -0.25) is 0 Å². The predicted octanol–water partition coefficient (Wildman–Crippen LogP) is 2.31. The SMILES string of the molecule is CC(CC1CCCCCN1)NCC1CCCOC1. The third-order valence-electron chi connectivity index (χ3n) is 4.31. The minimum absolute atomic E-state index is 0.627. The molecule has 2 aliphatic rings. The molecule has 2 aliphatic heterocycles. The molecule has 2 saturated heterocycles. The maximum Gasteiger partial charge on any atom is 0.0506 e. The molecule has 0 radical (unpaired) electrons. The zero-order valence-electron chi connectivity index (χ0n) is 11.9. The van der Waals surface area contributed by atoms with Crippen molar-refractivity contribution in [2.24, 2.45) is 5.92 Å². The van der Waals surface area contributed by atoms with Crippen LogP contribution in [0.5, 0.6) is 0 Å². The molecule has 106 valence electrons. The summed E-state index contributed by atoms with van der Waals surface area (Å²) in [4.78, 5) is 0. The lowest BCUT2D eigenvalue weighted by Gasteiger charge is -2.26. The molecule has 3 heteroatoms. The number of hydrogen-bond acceptors (Lipinski definition) is 3. The summed E-state index contributed by atoms with van der Waals surface area (Å²) >= 11 is 0. The van der Waals surface area contributed by atoms with Crippen LogP contribution in [0, 0.1) is 5.92 Å². The highest BCUT2D eigenvalue weighted by molar-refractivity contribution is 4.77. The molecule has 2 rings (SSSR count). The first-order chi connectivity index (χ1) is 8.84. The van der Waals surface area contributed by atoms with E-state index in [0.717, 1.165) is 31.7 Å². The Morgan fingerprint density at radius 2 is 2.17 bits per heavy atom. The summed E-state index contributed by atoms with van der Waals surface area (Å²) in [6, 6.07) is 1.36. The van der Waals surface area contributed by atoms with E-state index in [9.17, 15) is 0 Å². The van der Waals surface area contributed by atoms with Gasteiger partial charge in [0.15, 0.2) is 0 Å². The van der Waals surface area contributed by atoms with Crippen LogP contribution in [-0.2, 0) is 4.74 Å². The Kier molecular flexibility index (Phi) is 6.46. The molecule has 0 amide bonds. The van der Waals surface area contributed by atoms with Gasteiger partial charge in [-0.2, -0.15) is 0 Å². The smallest absolute Gasteiger partial charge is 0.0506 e. The van der Waals surface area contributed by atoms with E-state index in [1.807, 2.05) is 0 Å². The van der Waals surface area contributed by atoms with Crippen LogP contribution >= 0.6 is 0 Å². The van der Waals surface area contributed by atoms with Gasteiger partial charge in [0, 0.05) is 25.2 Å². The van der Waals surface area contributed by atoms with Crippen molar-refractivity contribution >= 4 is 0 Å². The van der Waals surface area contributed by atoms with Crippen LogP contribution in [-0.4, -0.2) is 38.4 Å². The fourth-order valence-corrected chi connectivity index (χ4v) is 3.15. The molecule has 0 aromatic carbocycles. The Bertz CT molecular complexity index is 209. The second-order valence-electron chi connectivity index (χ2n) is 6.13. The zero-order valence-corrected chi connectivity index (χ0v) is 11.9. The maximum atomic E-state index is 5.53. The summed E-state index contributed by atoms with van der Waals surface area (Å²) in [6.45, 7) is 6.61. The molecule has 3 unspecified atom stereocenters. The Balaban J connectivity index is 1.59. The van der Waals surface area contributed by atoms with Crippen LogP contribution in [0.25, 0.3) is 0 Å². The van der Waals surface area contributed by atoms with E-state index in [1.165, 1.54) is 51.5 Å². The van der Waals surface area contributed by atoms with Crippen molar-refractivity contribution in [2.45, 2.75) is 64.0 Å². The summed E-state index contributed by atoms with van der Waals surface area (Å²) in [5, 5.41) is 7.39. The average Bonchev–Trinajstić information content (AvgIpc) is 2.66. The Labute approximate surface area is 112 Å². The van der Waals surface area contributed by atoms with Crippen LogP contribution in [0.2, 0.25) is 0 Å². The monoisotopic (exact) mass is 254 g/mol. The molecule has 2 fully saturated rings. The molecule has 18 heavy (non-hydrogen) atoms. The highest BCUT2D eigenvalue weighted by Gasteiger charge is 2.17. The second kappa shape index (κ2) is 8.13. The van der Waals surface area contributed by atoms with Gasteiger partial charge in [-0.1, -0.05) is 12.8 Å². The first-order valence-corrected chi connectivity index (χ1v) is 7.89. The van der Waals surface area contributed by atoms with E-state index in [4.69, 9.17) is 4.74 Å². The van der Waals surface area contributed by atoms with Gasteiger partial charge < -0.3 is 15.4 Å². The second-order valence-corrected chi connectivity index (χ2v) is 6.13. The van der Waals surface area contributed by atoms with Gasteiger partial charge in [0.1, 0.15) is 0 Å². The summed E-state index contributed by atoms with van der Waals surface area (Å²) in [5.74, 6) is 0.739. The lowest BCUT2D eigenvalue weighted by Crippen LogP contribution is -2.39. The molecule has 3 atom stereocenters. The first-order valence-electron chi connectivity index (χ1n) is 7.89. The van der Waals surface area contributed by atoms with E-state index >= 15 is 0 Å². The van der Waals surface area contributed by atoms with Gasteiger partial charge in [0.2, 0.25) is 0 Å². The molecule has 0 aromatic heterocycles. The normalized spacial score (nSPS) is 31.8. The van der Waals surface area contributed by atoms with E-state index in [0.29, 0.717) is 6.04 Å². The number of nitrogens with one attached hydrogen (secondary N) is 2. The molecule has 0 aromatic rings. The third-order valence-corrected chi connectivity index (χ3v) is 4.31. The van der Waals surface area contributed by atoms with Gasteiger partial charge >= 0.3 is 0 Å². The molecule has 0 bridgehead atoms. The summed E-state index contributed by atoms with van der Waals surface area (Å²) in [7, 11) is 0. The molecular weight excluding hydrogens is 224 g/mol. The van der Waals surface area contributed by atoms with Crippen LogP contribution < -0.4 is 10.6 Å². The van der Waals surface area contributed by atoms with Gasteiger partial charge in [0.25, 0.3) is 0 Å². The van der Waals surface area contributed by atoms with Gasteiger partial charge in [-0.15, -0.1) is 0 Å². The minimum Gasteiger partial charge on any atom is -0.381 e. The number of rotatable bonds is 5. The molecule has 2 heterocycles. The van der Waals surface area contributed by atoms with Gasteiger partial charge in [0.05, 0.1) is 6.61 Å². The molecule has 0 saturated carbocycles. The van der Waals surface area contributed by atoms with Crippen LogP contribution in [0.4, 0.5) is 0 Å². The van der Waals surface area contributed by atoms with Crippen LogP contribution in [0.3, 0.4) is 0 Å². The largest absolute Gasteiger partial charge is 0.381 e. The summed E-state index contributed by atoms with van der Waals surface area (Å²) < 4.78 is 5.53. The Morgan fingerprint density at radius 3 is 3.00 bits per heavy atom. The predicted molar refractivity (Wildman–Crippen MR) is 75.9 cm³/mol. The Morgan fingerprint density at radius 1 is 1.22 bits per heavy atom. The van der Waals surface area contributed by atoms with Crippen molar-refractivity contribution in [1.29, 1.82) is 0 Å². The third kappa shape index (κ3) is 5.25. The lowest BCUT2D eigenvalue weighted by atomic mass is 10.00. The topological polar surface area (TPSA) is 33.3 Å². The average molecular weight is 254 g/mol. The number of ether oxygens (including phenoxy) is 1. The van der Waals surface area contributed by atoms with Crippen molar-refractivity contribution in [3.63, 3.8) is 0 Å². The van der Waals surface area contributed by atoms with E-state index in [1.54, 1.807) is 0 Å². The lowest BCUT2D eigenvalue weighted by molar-refractivity contribution is 0.0538. The number of hydrogen-bond donors (Lipinski definition) is 2. The van der Waals surface area contributed by atoms with Crippen molar-refractivity contribution in [3.05, 3.63) is 0 Å². The highest BCUT2D eigenvalue weighted by atomic mass is 16.5. The quantitative estimate of drug-likeness (QED) is 0.790. The Hall–Kier alpha value is -0.120. The van der Waals surface area contributed by atoms with Crippen molar-refractivity contribution < 1.29 is 4.74 Å². The minimum atomic E-state index is 0.627.